The molecule has 1 fully saturated rings. The van der Waals surface area contributed by atoms with Gasteiger partial charge in [0.25, 0.3) is 0 Å². The Kier molecular flexibility index (Phi) is 3.82. The van der Waals surface area contributed by atoms with Crippen molar-refractivity contribution in [2.45, 2.75) is 13.3 Å². The number of nitrogens with zero attached hydrogens (tertiary/aromatic N) is 2. The Morgan fingerprint density at radius 3 is 2.78 bits per heavy atom. The van der Waals surface area contributed by atoms with Crippen LogP contribution < -0.4 is 5.32 Å². The van der Waals surface area contributed by atoms with Crippen LogP contribution in [0.25, 0.3) is 0 Å². The highest BCUT2D eigenvalue weighted by atomic mass is 16.4. The fraction of sp³-hybridized carbons (Fsp3) is 0.385. The van der Waals surface area contributed by atoms with Crippen molar-refractivity contribution in [3.63, 3.8) is 0 Å². The molecule has 0 aromatic heterocycles. The van der Waals surface area contributed by atoms with Gasteiger partial charge in [-0.1, -0.05) is 30.3 Å². The van der Waals surface area contributed by atoms with E-state index in [0.29, 0.717) is 19.5 Å². The minimum absolute atomic E-state index is 0.102. The Morgan fingerprint density at radius 2 is 2.17 bits per heavy atom. The number of nitrogens with one attached hydrogen (secondary N) is 1. The van der Waals surface area contributed by atoms with E-state index in [0.717, 1.165) is 11.4 Å². The number of carbonyl (C=O) groups is 1. The quantitative estimate of drug-likeness (QED) is 0.591. The number of piperidine rings is 1. The number of rotatable bonds is 1. The van der Waals surface area contributed by atoms with E-state index in [-0.39, 0.29) is 11.9 Å². The van der Waals surface area contributed by atoms with Crippen LogP contribution in [0.3, 0.4) is 0 Å². The summed E-state index contributed by atoms with van der Waals surface area (Å²) < 4.78 is 0. The first kappa shape index (κ1) is 12.4. The lowest BCUT2D eigenvalue weighted by Gasteiger charge is -2.31. The molecule has 2 rings (SSSR count). The molecule has 2 amide bonds. The van der Waals surface area contributed by atoms with Crippen molar-refractivity contribution < 1.29 is 10.0 Å². The average Bonchev–Trinajstić information content (AvgIpc) is 2.39. The number of carbonyl (C=O) groups excluding carboxylic acids is 1. The summed E-state index contributed by atoms with van der Waals surface area (Å²) in [6, 6.07) is 9.26. The second-order valence-electron chi connectivity index (χ2n) is 4.48. The van der Waals surface area contributed by atoms with Crippen molar-refractivity contribution in [1.29, 1.82) is 0 Å². The second kappa shape index (κ2) is 5.53. The first-order valence-corrected chi connectivity index (χ1v) is 6.02. The van der Waals surface area contributed by atoms with Crippen LogP contribution in [0.2, 0.25) is 0 Å². The van der Waals surface area contributed by atoms with E-state index in [4.69, 9.17) is 5.21 Å². The zero-order chi connectivity index (χ0) is 13.0. The van der Waals surface area contributed by atoms with Gasteiger partial charge in [-0.15, -0.1) is 0 Å². The van der Waals surface area contributed by atoms with E-state index in [9.17, 15) is 4.79 Å². The van der Waals surface area contributed by atoms with Gasteiger partial charge >= 0.3 is 6.03 Å². The highest BCUT2D eigenvalue weighted by Crippen LogP contribution is 2.15. The molecule has 1 heterocycles. The number of urea groups is 1. The van der Waals surface area contributed by atoms with Gasteiger partial charge in [-0.3, -0.25) is 0 Å². The van der Waals surface area contributed by atoms with Crippen LogP contribution >= 0.6 is 0 Å². The number of anilines is 1. The molecule has 1 saturated heterocycles. The lowest BCUT2D eigenvalue weighted by molar-refractivity contribution is 0.203. The molecule has 0 spiro atoms. The summed E-state index contributed by atoms with van der Waals surface area (Å²) in [7, 11) is 0. The Labute approximate surface area is 106 Å². The van der Waals surface area contributed by atoms with Gasteiger partial charge in [0, 0.05) is 31.1 Å². The molecule has 5 heteroatoms. The van der Waals surface area contributed by atoms with E-state index >= 15 is 0 Å². The third kappa shape index (κ3) is 2.80. The number of amides is 2. The molecule has 1 aromatic carbocycles. The number of oxime groups is 1. The van der Waals surface area contributed by atoms with Crippen LogP contribution in [-0.2, 0) is 0 Å². The molecule has 0 radical (unpaired) electrons. The van der Waals surface area contributed by atoms with E-state index in [1.54, 1.807) is 4.90 Å². The summed E-state index contributed by atoms with van der Waals surface area (Å²) in [5.74, 6) is 0.102. The summed E-state index contributed by atoms with van der Waals surface area (Å²) in [6.07, 6.45) is 0.625. The molecule has 96 valence electrons. The highest BCUT2D eigenvalue weighted by molar-refractivity contribution is 5.92. The smallest absolute Gasteiger partial charge is 0.321 e. The van der Waals surface area contributed by atoms with Crippen molar-refractivity contribution in [1.82, 2.24) is 4.90 Å². The molecule has 5 nitrogen and oxygen atoms in total. The molecule has 18 heavy (non-hydrogen) atoms. The summed E-state index contributed by atoms with van der Waals surface area (Å²) in [5.41, 5.74) is 1.55. The zero-order valence-corrected chi connectivity index (χ0v) is 10.3. The van der Waals surface area contributed by atoms with Gasteiger partial charge in [-0.25, -0.2) is 4.79 Å². The number of benzene rings is 1. The maximum Gasteiger partial charge on any atom is 0.321 e. The fourth-order valence-corrected chi connectivity index (χ4v) is 2.08. The lowest BCUT2D eigenvalue weighted by Crippen LogP contribution is -2.45. The molecule has 1 atom stereocenters. The van der Waals surface area contributed by atoms with E-state index in [2.05, 4.69) is 10.5 Å². The van der Waals surface area contributed by atoms with Gasteiger partial charge in [0.1, 0.15) is 0 Å². The van der Waals surface area contributed by atoms with Crippen molar-refractivity contribution in [3.05, 3.63) is 30.3 Å². The van der Waals surface area contributed by atoms with Gasteiger partial charge < -0.3 is 15.4 Å². The van der Waals surface area contributed by atoms with Gasteiger partial charge in [0.05, 0.1) is 5.71 Å². The zero-order valence-electron chi connectivity index (χ0n) is 10.3. The molecule has 1 unspecified atom stereocenters. The third-order valence-electron chi connectivity index (χ3n) is 3.14. The van der Waals surface area contributed by atoms with Gasteiger partial charge in [-0.05, 0) is 12.1 Å². The maximum atomic E-state index is 12.0. The van der Waals surface area contributed by atoms with Gasteiger partial charge in [-0.2, -0.15) is 0 Å². The van der Waals surface area contributed by atoms with Crippen molar-refractivity contribution in [2.24, 2.45) is 11.1 Å². The largest absolute Gasteiger partial charge is 0.411 e. The Morgan fingerprint density at radius 1 is 1.44 bits per heavy atom. The first-order chi connectivity index (χ1) is 8.70. The third-order valence-corrected chi connectivity index (χ3v) is 3.14. The Bertz CT molecular complexity index is 445. The number of para-hydroxylation sites is 1. The second-order valence-corrected chi connectivity index (χ2v) is 4.48. The SMILES string of the molecule is CC1CN(C(=O)Nc2ccccc2)CC/C1=N\O. The van der Waals surface area contributed by atoms with Gasteiger partial charge in [0.2, 0.25) is 0 Å². The molecule has 1 aromatic rings. The summed E-state index contributed by atoms with van der Waals surface area (Å²) in [5, 5.41) is 14.9. The lowest BCUT2D eigenvalue weighted by atomic mass is 9.98. The molecular weight excluding hydrogens is 230 g/mol. The maximum absolute atomic E-state index is 12.0. The minimum atomic E-state index is -0.106. The fourth-order valence-electron chi connectivity index (χ4n) is 2.08. The molecule has 0 aliphatic carbocycles. The first-order valence-electron chi connectivity index (χ1n) is 6.02. The van der Waals surface area contributed by atoms with Crippen molar-refractivity contribution in [2.75, 3.05) is 18.4 Å². The van der Waals surface area contributed by atoms with Crippen LogP contribution in [0, 0.1) is 5.92 Å². The summed E-state index contributed by atoms with van der Waals surface area (Å²) in [4.78, 5) is 13.8. The summed E-state index contributed by atoms with van der Waals surface area (Å²) >= 11 is 0. The van der Waals surface area contributed by atoms with Crippen molar-refractivity contribution >= 4 is 17.4 Å². The molecule has 0 bridgehead atoms. The van der Waals surface area contributed by atoms with E-state index in [1.165, 1.54) is 0 Å². The Hall–Kier alpha value is -2.04. The molecule has 2 N–H and O–H groups in total. The van der Waals surface area contributed by atoms with Crippen molar-refractivity contribution in [3.8, 4) is 0 Å². The van der Waals surface area contributed by atoms with Crippen LogP contribution in [0.15, 0.2) is 35.5 Å². The molecule has 1 aliphatic heterocycles. The average molecular weight is 247 g/mol. The van der Waals surface area contributed by atoms with E-state index in [1.807, 2.05) is 37.3 Å². The normalized spacial score (nSPS) is 21.9. The minimum Gasteiger partial charge on any atom is -0.411 e. The van der Waals surface area contributed by atoms with Crippen LogP contribution in [0.4, 0.5) is 10.5 Å². The monoisotopic (exact) mass is 247 g/mol. The highest BCUT2D eigenvalue weighted by Gasteiger charge is 2.25. The standard InChI is InChI=1S/C13H17N3O2/c1-10-9-16(8-7-12(10)15-18)13(17)14-11-5-3-2-4-6-11/h2-6,10,18H,7-9H2,1H3,(H,14,17)/b15-12+. The number of hydrogen-bond donors (Lipinski definition) is 2. The number of hydrogen-bond acceptors (Lipinski definition) is 3. The van der Waals surface area contributed by atoms with Crippen LogP contribution in [0.5, 0.6) is 0 Å². The summed E-state index contributed by atoms with van der Waals surface area (Å²) in [6.45, 7) is 3.12. The predicted octanol–water partition coefficient (Wildman–Crippen LogP) is 2.39. The molecular formula is C13H17N3O2. The van der Waals surface area contributed by atoms with Crippen LogP contribution in [0.1, 0.15) is 13.3 Å². The number of likely N-dealkylation sites (tertiary alicyclic amines) is 1. The molecule has 0 saturated carbocycles. The Balaban J connectivity index is 1.95. The van der Waals surface area contributed by atoms with Gasteiger partial charge in [0.15, 0.2) is 0 Å². The van der Waals surface area contributed by atoms with E-state index < -0.39 is 0 Å². The topological polar surface area (TPSA) is 64.9 Å². The molecule has 1 aliphatic rings. The predicted molar refractivity (Wildman–Crippen MR) is 70.0 cm³/mol. The van der Waals surface area contributed by atoms with Crippen LogP contribution in [-0.4, -0.2) is 34.9 Å².